The Morgan fingerprint density at radius 3 is 2.29 bits per heavy atom. The number of unbranched alkanes of at least 4 members (excludes halogenated alkanes) is 6. The van der Waals surface area contributed by atoms with Crippen LogP contribution in [0.4, 0.5) is 0 Å². The van der Waals surface area contributed by atoms with Gasteiger partial charge in [-0.1, -0.05) is 52.4 Å². The van der Waals surface area contributed by atoms with Gasteiger partial charge < -0.3 is 5.32 Å². The van der Waals surface area contributed by atoms with Crippen LogP contribution in [0.25, 0.3) is 0 Å². The molecule has 1 amide bonds. The Balaban J connectivity index is 3.22. The Labute approximate surface area is 111 Å². The maximum absolute atomic E-state index is 11.4. The number of alkyl halides is 1. The molecule has 0 spiro atoms. The largest absolute Gasteiger partial charge is 0.356 e. The zero-order valence-corrected chi connectivity index (χ0v) is 12.2. The molecule has 0 aromatic heterocycles. The van der Waals surface area contributed by atoms with Crippen molar-refractivity contribution in [3.63, 3.8) is 0 Å². The van der Waals surface area contributed by atoms with Crippen LogP contribution in [0, 0.1) is 5.92 Å². The summed E-state index contributed by atoms with van der Waals surface area (Å²) in [5.74, 6) is 1.16. The highest BCUT2D eigenvalue weighted by atomic mass is 35.5. The van der Waals surface area contributed by atoms with E-state index in [1.54, 1.807) is 0 Å². The number of amides is 1. The van der Waals surface area contributed by atoms with E-state index in [1.807, 2.05) is 6.92 Å². The lowest BCUT2D eigenvalue weighted by molar-refractivity contribution is -0.121. The molecule has 0 bridgehead atoms. The average molecular weight is 262 g/mol. The molecule has 1 N–H and O–H groups in total. The molecule has 0 saturated carbocycles. The van der Waals surface area contributed by atoms with Crippen molar-refractivity contribution in [2.24, 2.45) is 5.92 Å². The summed E-state index contributed by atoms with van der Waals surface area (Å²) in [6.45, 7) is 4.98. The molecule has 3 heteroatoms. The predicted molar refractivity (Wildman–Crippen MR) is 75.5 cm³/mol. The van der Waals surface area contributed by atoms with Gasteiger partial charge in [-0.05, 0) is 12.3 Å². The van der Waals surface area contributed by atoms with E-state index in [1.165, 1.54) is 38.5 Å². The number of carbonyl (C=O) groups excluding carboxylic acids is 1. The van der Waals surface area contributed by atoms with Crippen molar-refractivity contribution in [2.45, 2.75) is 65.2 Å². The molecule has 0 aromatic rings. The first kappa shape index (κ1) is 16.8. The van der Waals surface area contributed by atoms with Crippen molar-refractivity contribution < 1.29 is 4.79 Å². The first-order valence-corrected chi connectivity index (χ1v) is 7.56. The van der Waals surface area contributed by atoms with E-state index in [4.69, 9.17) is 11.6 Å². The Morgan fingerprint density at radius 2 is 1.71 bits per heavy atom. The zero-order valence-electron chi connectivity index (χ0n) is 11.4. The van der Waals surface area contributed by atoms with Gasteiger partial charge in [-0.2, -0.15) is 0 Å². The van der Waals surface area contributed by atoms with Gasteiger partial charge in [0.15, 0.2) is 0 Å². The molecule has 1 unspecified atom stereocenters. The minimum atomic E-state index is 0.176. The van der Waals surface area contributed by atoms with E-state index in [9.17, 15) is 4.79 Å². The van der Waals surface area contributed by atoms with Crippen LogP contribution in [-0.2, 0) is 4.79 Å². The molecule has 17 heavy (non-hydrogen) atoms. The fraction of sp³-hybridized carbons (Fsp3) is 0.929. The quantitative estimate of drug-likeness (QED) is 0.440. The Morgan fingerprint density at radius 1 is 1.12 bits per heavy atom. The van der Waals surface area contributed by atoms with Gasteiger partial charge in [-0.15, -0.1) is 11.6 Å². The van der Waals surface area contributed by atoms with Gasteiger partial charge in [0.2, 0.25) is 5.91 Å². The lowest BCUT2D eigenvalue weighted by Crippen LogP contribution is -2.28. The molecule has 0 aliphatic heterocycles. The third-order valence-corrected chi connectivity index (χ3v) is 3.45. The first-order valence-electron chi connectivity index (χ1n) is 7.03. The number of hydrogen-bond acceptors (Lipinski definition) is 1. The lowest BCUT2D eigenvalue weighted by atomic mass is 10.1. The van der Waals surface area contributed by atoms with Gasteiger partial charge in [0, 0.05) is 18.8 Å². The molecule has 102 valence electrons. The normalized spacial score (nSPS) is 12.4. The van der Waals surface area contributed by atoms with Gasteiger partial charge in [-0.3, -0.25) is 4.79 Å². The molecule has 0 radical (unpaired) electrons. The summed E-state index contributed by atoms with van der Waals surface area (Å²) in [4.78, 5) is 11.4. The summed E-state index contributed by atoms with van der Waals surface area (Å²) in [7, 11) is 0. The van der Waals surface area contributed by atoms with Crippen LogP contribution in [0.5, 0.6) is 0 Å². The van der Waals surface area contributed by atoms with E-state index < -0.39 is 0 Å². The summed E-state index contributed by atoms with van der Waals surface area (Å²) in [5, 5.41) is 2.92. The van der Waals surface area contributed by atoms with Crippen molar-refractivity contribution >= 4 is 17.5 Å². The summed E-state index contributed by atoms with van der Waals surface area (Å²) >= 11 is 5.67. The van der Waals surface area contributed by atoms with Crippen LogP contribution in [0.3, 0.4) is 0 Å². The van der Waals surface area contributed by atoms with E-state index in [0.29, 0.717) is 24.8 Å². The highest BCUT2D eigenvalue weighted by molar-refractivity contribution is 6.18. The summed E-state index contributed by atoms with van der Waals surface area (Å²) < 4.78 is 0. The summed E-state index contributed by atoms with van der Waals surface area (Å²) in [6, 6.07) is 0. The number of nitrogens with one attached hydrogen (secondary N) is 1. The Kier molecular flexibility index (Phi) is 12.1. The highest BCUT2D eigenvalue weighted by Crippen LogP contribution is 2.08. The monoisotopic (exact) mass is 261 g/mol. The van der Waals surface area contributed by atoms with Crippen LogP contribution in [0.15, 0.2) is 0 Å². The molecule has 0 aromatic carbocycles. The van der Waals surface area contributed by atoms with E-state index >= 15 is 0 Å². The van der Waals surface area contributed by atoms with Gasteiger partial charge in [0.05, 0.1) is 0 Å². The number of hydrogen-bond donors (Lipinski definition) is 1. The minimum absolute atomic E-state index is 0.176. The van der Waals surface area contributed by atoms with Crippen LogP contribution in [-0.4, -0.2) is 18.3 Å². The van der Waals surface area contributed by atoms with Crippen LogP contribution < -0.4 is 5.32 Å². The van der Waals surface area contributed by atoms with Crippen LogP contribution in [0.1, 0.15) is 65.2 Å². The molecule has 0 rings (SSSR count). The average Bonchev–Trinajstić information content (AvgIpc) is 2.34. The minimum Gasteiger partial charge on any atom is -0.356 e. The second-order valence-electron chi connectivity index (χ2n) is 4.93. The van der Waals surface area contributed by atoms with E-state index in [2.05, 4.69) is 12.2 Å². The molecule has 2 nitrogen and oxygen atoms in total. The molecule has 0 aliphatic carbocycles. The third kappa shape index (κ3) is 12.0. The fourth-order valence-corrected chi connectivity index (χ4v) is 1.78. The van der Waals surface area contributed by atoms with Gasteiger partial charge in [0.1, 0.15) is 0 Å². The number of rotatable bonds is 11. The first-order chi connectivity index (χ1) is 8.20. The Bertz CT molecular complexity index is 185. The van der Waals surface area contributed by atoms with E-state index in [-0.39, 0.29) is 5.91 Å². The standard InChI is InChI=1S/C14H28ClNO/c1-3-4-5-6-7-8-9-10-14(17)16-12-13(2)11-15/h13H,3-12H2,1-2H3,(H,16,17). The van der Waals surface area contributed by atoms with Gasteiger partial charge in [-0.25, -0.2) is 0 Å². The molecular weight excluding hydrogens is 234 g/mol. The summed E-state index contributed by atoms with van der Waals surface area (Å²) in [5.41, 5.74) is 0. The van der Waals surface area contributed by atoms with Crippen molar-refractivity contribution in [2.75, 3.05) is 12.4 Å². The number of halogens is 1. The Hall–Kier alpha value is -0.240. The van der Waals surface area contributed by atoms with Crippen molar-refractivity contribution in [3.05, 3.63) is 0 Å². The molecular formula is C14H28ClNO. The SMILES string of the molecule is CCCCCCCCCC(=O)NCC(C)CCl. The maximum atomic E-state index is 11.4. The molecule has 0 heterocycles. The molecule has 1 atom stereocenters. The molecule has 0 saturated heterocycles. The zero-order chi connectivity index (χ0) is 12.9. The fourth-order valence-electron chi connectivity index (χ4n) is 1.67. The van der Waals surface area contributed by atoms with Crippen LogP contribution >= 0.6 is 11.6 Å². The molecule has 0 fully saturated rings. The van der Waals surface area contributed by atoms with E-state index in [0.717, 1.165) is 6.42 Å². The topological polar surface area (TPSA) is 29.1 Å². The lowest BCUT2D eigenvalue weighted by Gasteiger charge is -2.09. The van der Waals surface area contributed by atoms with Crippen molar-refractivity contribution in [1.29, 1.82) is 0 Å². The summed E-state index contributed by atoms with van der Waals surface area (Å²) in [6.07, 6.45) is 9.44. The maximum Gasteiger partial charge on any atom is 0.220 e. The van der Waals surface area contributed by atoms with Crippen molar-refractivity contribution in [3.8, 4) is 0 Å². The molecule has 0 aliphatic rings. The van der Waals surface area contributed by atoms with Gasteiger partial charge >= 0.3 is 0 Å². The smallest absolute Gasteiger partial charge is 0.220 e. The third-order valence-electron chi connectivity index (χ3n) is 2.92. The van der Waals surface area contributed by atoms with Crippen LogP contribution in [0.2, 0.25) is 0 Å². The second-order valence-corrected chi connectivity index (χ2v) is 5.24. The number of carbonyl (C=O) groups is 1. The second kappa shape index (κ2) is 12.2. The van der Waals surface area contributed by atoms with Crippen molar-refractivity contribution in [1.82, 2.24) is 5.32 Å². The predicted octanol–water partition coefficient (Wildman–Crippen LogP) is 4.12. The highest BCUT2D eigenvalue weighted by Gasteiger charge is 2.04. The van der Waals surface area contributed by atoms with Gasteiger partial charge in [0.25, 0.3) is 0 Å².